The molecule has 0 unspecified atom stereocenters. The Hall–Kier alpha value is -3.33. The van der Waals surface area contributed by atoms with Crippen molar-refractivity contribution in [2.45, 2.75) is 30.8 Å². The van der Waals surface area contributed by atoms with Gasteiger partial charge in [0.25, 0.3) is 10.0 Å². The lowest BCUT2D eigenvalue weighted by molar-refractivity contribution is -0.137. The minimum atomic E-state index is -4.66. The van der Waals surface area contributed by atoms with Crippen LogP contribution in [-0.2, 0) is 21.0 Å². The monoisotopic (exact) mass is 490 g/mol. The van der Waals surface area contributed by atoms with Crippen LogP contribution in [0.15, 0.2) is 83.8 Å². The van der Waals surface area contributed by atoms with E-state index in [-0.39, 0.29) is 23.0 Å². The van der Waals surface area contributed by atoms with E-state index in [1.54, 1.807) is 19.1 Å². The van der Waals surface area contributed by atoms with Crippen molar-refractivity contribution in [2.75, 3.05) is 17.4 Å². The highest BCUT2D eigenvalue weighted by atomic mass is 32.2. The van der Waals surface area contributed by atoms with E-state index in [9.17, 15) is 26.4 Å². The van der Waals surface area contributed by atoms with Crippen molar-refractivity contribution in [1.29, 1.82) is 0 Å². The van der Waals surface area contributed by atoms with Gasteiger partial charge in [0, 0.05) is 6.54 Å². The molecule has 3 aromatic rings. The van der Waals surface area contributed by atoms with E-state index in [0.717, 1.165) is 29.3 Å². The average Bonchev–Trinajstić information content (AvgIpc) is 2.81. The molecule has 0 aromatic heterocycles. The van der Waals surface area contributed by atoms with Crippen molar-refractivity contribution in [3.8, 4) is 0 Å². The van der Waals surface area contributed by atoms with Crippen LogP contribution in [0.3, 0.4) is 0 Å². The first-order valence-corrected chi connectivity index (χ1v) is 12.0. The van der Waals surface area contributed by atoms with E-state index < -0.39 is 34.2 Å². The molecule has 0 fully saturated rings. The molecule has 34 heavy (non-hydrogen) atoms. The molecular weight excluding hydrogens is 465 g/mol. The molecule has 3 aromatic carbocycles. The van der Waals surface area contributed by atoms with Gasteiger partial charge in [0.15, 0.2) is 0 Å². The molecule has 9 heteroatoms. The van der Waals surface area contributed by atoms with E-state index in [1.165, 1.54) is 18.2 Å². The molecule has 0 aliphatic rings. The van der Waals surface area contributed by atoms with Gasteiger partial charge >= 0.3 is 6.18 Å². The first-order valence-electron chi connectivity index (χ1n) is 10.6. The van der Waals surface area contributed by atoms with Gasteiger partial charge in [0.2, 0.25) is 5.91 Å². The molecule has 0 spiro atoms. The van der Waals surface area contributed by atoms with Gasteiger partial charge in [-0.3, -0.25) is 9.10 Å². The number of nitrogens with zero attached hydrogens (tertiary/aromatic N) is 1. The molecule has 5 nitrogen and oxygen atoms in total. The summed E-state index contributed by atoms with van der Waals surface area (Å²) in [6, 6.07) is 19.3. The van der Waals surface area contributed by atoms with Gasteiger partial charge in [0.1, 0.15) is 6.54 Å². The summed E-state index contributed by atoms with van der Waals surface area (Å²) in [7, 11) is -4.31. The number of carbonyl (C=O) groups excluding carboxylic acids is 1. The Bertz CT molecular complexity index is 1230. The van der Waals surface area contributed by atoms with Crippen molar-refractivity contribution in [1.82, 2.24) is 5.32 Å². The van der Waals surface area contributed by atoms with Crippen LogP contribution in [0.4, 0.5) is 18.9 Å². The summed E-state index contributed by atoms with van der Waals surface area (Å²) in [5.74, 6) is -0.670. The number of aryl methyl sites for hydroxylation is 1. The van der Waals surface area contributed by atoms with Crippen LogP contribution in [0.1, 0.15) is 29.5 Å². The van der Waals surface area contributed by atoms with Gasteiger partial charge in [-0.25, -0.2) is 8.42 Å². The van der Waals surface area contributed by atoms with Crippen molar-refractivity contribution in [3.63, 3.8) is 0 Å². The number of sulfonamides is 1. The topological polar surface area (TPSA) is 66.5 Å². The third-order valence-corrected chi connectivity index (χ3v) is 7.12. The number of alkyl halides is 3. The highest BCUT2D eigenvalue weighted by molar-refractivity contribution is 7.92. The van der Waals surface area contributed by atoms with Crippen molar-refractivity contribution < 1.29 is 26.4 Å². The fourth-order valence-corrected chi connectivity index (χ4v) is 4.76. The second-order valence-electron chi connectivity index (χ2n) is 7.99. The molecule has 0 bridgehead atoms. The summed E-state index contributed by atoms with van der Waals surface area (Å²) in [6.45, 7) is 3.26. The Kier molecular flexibility index (Phi) is 7.66. The lowest BCUT2D eigenvalue weighted by atomic mass is 10.0. The summed E-state index contributed by atoms with van der Waals surface area (Å²) in [5.41, 5.74) is 0.552. The number of halogens is 3. The van der Waals surface area contributed by atoms with Crippen molar-refractivity contribution in [2.24, 2.45) is 0 Å². The predicted molar refractivity (Wildman–Crippen MR) is 125 cm³/mol. The first kappa shape index (κ1) is 25.3. The second-order valence-corrected chi connectivity index (χ2v) is 9.85. The van der Waals surface area contributed by atoms with Crippen LogP contribution in [0, 0.1) is 6.92 Å². The fourth-order valence-electron chi connectivity index (χ4n) is 3.34. The van der Waals surface area contributed by atoms with Crippen LogP contribution in [0.2, 0.25) is 0 Å². The zero-order valence-electron chi connectivity index (χ0n) is 18.7. The van der Waals surface area contributed by atoms with Gasteiger partial charge in [-0.05, 0) is 48.7 Å². The summed E-state index contributed by atoms with van der Waals surface area (Å²) >= 11 is 0. The Labute approximate surface area is 197 Å². The van der Waals surface area contributed by atoms with Crippen molar-refractivity contribution >= 4 is 21.6 Å². The molecule has 0 aliphatic carbocycles. The van der Waals surface area contributed by atoms with Crippen LogP contribution >= 0.6 is 0 Å². The van der Waals surface area contributed by atoms with E-state index in [1.807, 2.05) is 37.3 Å². The van der Waals surface area contributed by atoms with Crippen LogP contribution in [0.5, 0.6) is 0 Å². The fraction of sp³-hybridized carbons (Fsp3) is 0.240. The first-order chi connectivity index (χ1) is 16.0. The van der Waals surface area contributed by atoms with E-state index in [2.05, 4.69) is 5.32 Å². The number of hydrogen-bond acceptors (Lipinski definition) is 3. The number of carbonyl (C=O) groups is 1. The smallest absolute Gasteiger partial charge is 0.354 e. The number of anilines is 1. The van der Waals surface area contributed by atoms with Gasteiger partial charge in [-0.2, -0.15) is 13.2 Å². The molecule has 0 saturated carbocycles. The maximum absolute atomic E-state index is 13.4. The highest BCUT2D eigenvalue weighted by Gasteiger charge is 2.33. The molecule has 1 amide bonds. The van der Waals surface area contributed by atoms with Gasteiger partial charge < -0.3 is 5.32 Å². The summed E-state index contributed by atoms with van der Waals surface area (Å²) in [6.07, 6.45) is -4.66. The Morgan fingerprint density at radius 3 is 2.24 bits per heavy atom. The maximum Gasteiger partial charge on any atom is 0.416 e. The van der Waals surface area contributed by atoms with E-state index >= 15 is 0 Å². The number of amides is 1. The minimum absolute atomic E-state index is 0.0409. The number of nitrogens with one attached hydrogen (secondary N) is 1. The molecule has 0 radical (unpaired) electrons. The molecule has 0 saturated heterocycles. The van der Waals surface area contributed by atoms with E-state index in [4.69, 9.17) is 0 Å². The zero-order valence-corrected chi connectivity index (χ0v) is 19.5. The van der Waals surface area contributed by atoms with E-state index in [0.29, 0.717) is 4.31 Å². The Morgan fingerprint density at radius 1 is 0.971 bits per heavy atom. The molecular formula is C25H25F3N2O3S. The number of rotatable bonds is 8. The normalized spacial score (nSPS) is 12.7. The summed E-state index contributed by atoms with van der Waals surface area (Å²) in [4.78, 5) is 12.6. The lowest BCUT2D eigenvalue weighted by Gasteiger charge is -2.25. The molecule has 180 valence electrons. The second kappa shape index (κ2) is 10.3. The van der Waals surface area contributed by atoms with Crippen LogP contribution in [0.25, 0.3) is 0 Å². The quantitative estimate of drug-likeness (QED) is 0.476. The van der Waals surface area contributed by atoms with Gasteiger partial charge in [-0.1, -0.05) is 61.0 Å². The summed E-state index contributed by atoms with van der Waals surface area (Å²) in [5, 5.41) is 2.69. The predicted octanol–water partition coefficient (Wildman–Crippen LogP) is 5.13. The molecule has 0 heterocycles. The highest BCUT2D eigenvalue weighted by Crippen LogP contribution is 2.33. The maximum atomic E-state index is 13.4. The molecule has 1 N–H and O–H groups in total. The summed E-state index contributed by atoms with van der Waals surface area (Å²) < 4.78 is 67.3. The standard InChI is InChI=1S/C25H25F3N2O3S/c1-18-11-13-23(14-12-18)34(32,33)30(22-10-6-9-21(15-22)25(26,27)28)17-24(31)29-16-19(2)20-7-4-3-5-8-20/h3-15,19H,16-17H2,1-2H3,(H,29,31)/t19-/m1/s1. The molecule has 0 aliphatic heterocycles. The average molecular weight is 491 g/mol. The van der Waals surface area contributed by atoms with Gasteiger partial charge in [-0.15, -0.1) is 0 Å². The number of hydrogen-bond donors (Lipinski definition) is 1. The Morgan fingerprint density at radius 2 is 1.62 bits per heavy atom. The Balaban J connectivity index is 1.89. The minimum Gasteiger partial charge on any atom is -0.354 e. The lowest BCUT2D eigenvalue weighted by Crippen LogP contribution is -2.41. The third-order valence-electron chi connectivity index (χ3n) is 5.33. The molecule has 1 atom stereocenters. The largest absolute Gasteiger partial charge is 0.416 e. The van der Waals surface area contributed by atoms with Crippen LogP contribution < -0.4 is 9.62 Å². The third kappa shape index (κ3) is 6.17. The van der Waals surface area contributed by atoms with Crippen LogP contribution in [-0.4, -0.2) is 27.4 Å². The zero-order chi connectivity index (χ0) is 24.9. The SMILES string of the molecule is Cc1ccc(S(=O)(=O)N(CC(=O)NC[C@@H](C)c2ccccc2)c2cccc(C(F)(F)F)c2)cc1. The molecule has 3 rings (SSSR count). The number of benzene rings is 3. The van der Waals surface area contributed by atoms with Crippen molar-refractivity contribution in [3.05, 3.63) is 95.6 Å². The van der Waals surface area contributed by atoms with Gasteiger partial charge in [0.05, 0.1) is 16.1 Å².